The van der Waals surface area contributed by atoms with Crippen molar-refractivity contribution >= 4 is 5.91 Å². The van der Waals surface area contributed by atoms with Crippen LogP contribution in [0.2, 0.25) is 0 Å². The highest BCUT2D eigenvalue weighted by Crippen LogP contribution is 2.36. The van der Waals surface area contributed by atoms with Crippen LogP contribution in [-0.2, 0) is 12.8 Å². The molecule has 1 aromatic heterocycles. The molecule has 3 unspecified atom stereocenters. The smallest absolute Gasteiger partial charge is 0.251 e. The number of aromatic nitrogens is 1. The molecule has 1 aliphatic heterocycles. The highest BCUT2D eigenvalue weighted by molar-refractivity contribution is 5.94. The Hall–Kier alpha value is -2.07. The van der Waals surface area contributed by atoms with Crippen LogP contribution in [0.15, 0.2) is 36.4 Å². The third-order valence-electron chi connectivity index (χ3n) is 6.74. The number of fused-ring (bicyclic) bond motifs is 1. The first-order chi connectivity index (χ1) is 13.6. The third-order valence-corrected chi connectivity index (χ3v) is 6.74. The fourth-order valence-corrected chi connectivity index (χ4v) is 5.30. The molecule has 150 valence electrons. The van der Waals surface area contributed by atoms with Gasteiger partial charge in [-0.3, -0.25) is 9.69 Å². The lowest BCUT2D eigenvalue weighted by Crippen LogP contribution is -2.44. The molecule has 0 spiro atoms. The Morgan fingerprint density at radius 1 is 1.21 bits per heavy atom. The SMILES string of the molecule is CCN1CCC(n2c(C)cc3c2CCC(C)C3)C1CNC(=O)c1ccccc1. The van der Waals surface area contributed by atoms with Crippen molar-refractivity contribution in [2.45, 2.75) is 58.5 Å². The van der Waals surface area contributed by atoms with E-state index in [9.17, 15) is 4.79 Å². The second-order valence-corrected chi connectivity index (χ2v) is 8.60. The highest BCUT2D eigenvalue weighted by Gasteiger charge is 2.37. The van der Waals surface area contributed by atoms with Crippen LogP contribution < -0.4 is 5.32 Å². The van der Waals surface area contributed by atoms with Gasteiger partial charge in [0.2, 0.25) is 0 Å². The number of rotatable bonds is 5. The quantitative estimate of drug-likeness (QED) is 0.853. The van der Waals surface area contributed by atoms with Gasteiger partial charge in [-0.25, -0.2) is 0 Å². The monoisotopic (exact) mass is 379 g/mol. The number of benzene rings is 1. The topological polar surface area (TPSA) is 37.3 Å². The van der Waals surface area contributed by atoms with Crippen molar-refractivity contribution in [3.05, 3.63) is 58.9 Å². The zero-order chi connectivity index (χ0) is 19.7. The summed E-state index contributed by atoms with van der Waals surface area (Å²) >= 11 is 0. The van der Waals surface area contributed by atoms with Crippen molar-refractivity contribution in [2.75, 3.05) is 19.6 Å². The third kappa shape index (κ3) is 3.62. The molecule has 2 aromatic rings. The van der Waals surface area contributed by atoms with Gasteiger partial charge in [0.25, 0.3) is 5.91 Å². The molecule has 4 nitrogen and oxygen atoms in total. The van der Waals surface area contributed by atoms with E-state index in [0.29, 0.717) is 18.6 Å². The molecule has 1 aromatic carbocycles. The number of hydrogen-bond donors (Lipinski definition) is 1. The van der Waals surface area contributed by atoms with E-state index in [-0.39, 0.29) is 5.91 Å². The van der Waals surface area contributed by atoms with Gasteiger partial charge in [0, 0.05) is 36.1 Å². The minimum atomic E-state index is 0.0300. The molecule has 4 heteroatoms. The summed E-state index contributed by atoms with van der Waals surface area (Å²) in [6, 6.07) is 12.8. The van der Waals surface area contributed by atoms with Gasteiger partial charge >= 0.3 is 0 Å². The van der Waals surface area contributed by atoms with Gasteiger partial charge in [-0.05, 0) is 68.8 Å². The van der Waals surface area contributed by atoms with E-state index in [1.54, 1.807) is 11.3 Å². The molecule has 1 saturated heterocycles. The number of likely N-dealkylation sites (N-methyl/N-ethyl adjacent to an activating group) is 1. The Kier molecular flexibility index (Phi) is 5.58. The second kappa shape index (κ2) is 8.12. The summed E-state index contributed by atoms with van der Waals surface area (Å²) < 4.78 is 2.62. The fraction of sp³-hybridized carbons (Fsp3) is 0.542. The van der Waals surface area contributed by atoms with Gasteiger partial charge in [-0.2, -0.15) is 0 Å². The number of likely N-dealkylation sites (tertiary alicyclic amines) is 1. The van der Waals surface area contributed by atoms with Crippen molar-refractivity contribution in [1.29, 1.82) is 0 Å². The van der Waals surface area contributed by atoms with Crippen molar-refractivity contribution in [3.63, 3.8) is 0 Å². The lowest BCUT2D eigenvalue weighted by molar-refractivity contribution is 0.0936. The number of aryl methyl sites for hydroxylation is 1. The predicted octanol–water partition coefficient (Wildman–Crippen LogP) is 3.99. The van der Waals surface area contributed by atoms with Gasteiger partial charge in [-0.1, -0.05) is 32.0 Å². The molecule has 3 atom stereocenters. The van der Waals surface area contributed by atoms with Crippen LogP contribution in [0.3, 0.4) is 0 Å². The zero-order valence-electron chi connectivity index (χ0n) is 17.4. The average molecular weight is 380 g/mol. The van der Waals surface area contributed by atoms with Gasteiger partial charge in [-0.15, -0.1) is 0 Å². The van der Waals surface area contributed by atoms with Crippen LogP contribution in [0.5, 0.6) is 0 Å². The number of carbonyl (C=O) groups excluding carboxylic acids is 1. The predicted molar refractivity (Wildman–Crippen MR) is 114 cm³/mol. The summed E-state index contributed by atoms with van der Waals surface area (Å²) in [7, 11) is 0. The minimum absolute atomic E-state index is 0.0300. The molecule has 0 bridgehead atoms. The van der Waals surface area contributed by atoms with E-state index in [0.717, 1.165) is 31.0 Å². The summed E-state index contributed by atoms with van der Waals surface area (Å²) in [5.41, 5.74) is 5.24. The largest absolute Gasteiger partial charge is 0.350 e. The standard InChI is InChI=1S/C24H33N3O/c1-4-26-13-12-22(23(26)16-25-24(28)19-8-6-5-7-9-19)27-18(3)15-20-14-17(2)10-11-21(20)27/h5-9,15,17,22-23H,4,10-14,16H2,1-3H3,(H,25,28). The first kappa shape index (κ1) is 19.3. The fourth-order valence-electron chi connectivity index (χ4n) is 5.30. The van der Waals surface area contributed by atoms with Gasteiger partial charge in [0.05, 0.1) is 6.04 Å². The number of carbonyl (C=O) groups is 1. The van der Waals surface area contributed by atoms with E-state index in [1.165, 1.54) is 25.0 Å². The summed E-state index contributed by atoms with van der Waals surface area (Å²) in [6.45, 7) is 9.70. The summed E-state index contributed by atoms with van der Waals surface area (Å²) in [5.74, 6) is 0.821. The molecule has 28 heavy (non-hydrogen) atoms. The molecule has 2 aliphatic rings. The highest BCUT2D eigenvalue weighted by atomic mass is 16.1. The van der Waals surface area contributed by atoms with Crippen molar-refractivity contribution in [3.8, 4) is 0 Å². The molecule has 1 fully saturated rings. The lowest BCUT2D eigenvalue weighted by Gasteiger charge is -2.31. The molecule has 1 amide bonds. The maximum absolute atomic E-state index is 12.6. The van der Waals surface area contributed by atoms with Gasteiger partial charge in [0.1, 0.15) is 0 Å². The van der Waals surface area contributed by atoms with Gasteiger partial charge < -0.3 is 9.88 Å². The molecule has 0 radical (unpaired) electrons. The summed E-state index contributed by atoms with van der Waals surface area (Å²) in [6.07, 6.45) is 4.85. The zero-order valence-corrected chi connectivity index (χ0v) is 17.4. The molecule has 4 rings (SSSR count). The Labute approximate surface area is 168 Å². The van der Waals surface area contributed by atoms with Crippen LogP contribution in [0, 0.1) is 12.8 Å². The van der Waals surface area contributed by atoms with E-state index >= 15 is 0 Å². The number of nitrogens with zero attached hydrogens (tertiary/aromatic N) is 2. The number of nitrogens with one attached hydrogen (secondary N) is 1. The maximum Gasteiger partial charge on any atom is 0.251 e. The molecule has 1 aliphatic carbocycles. The van der Waals surface area contributed by atoms with Crippen LogP contribution in [0.1, 0.15) is 60.0 Å². The molecular formula is C24H33N3O. The van der Waals surface area contributed by atoms with E-state index < -0.39 is 0 Å². The number of hydrogen-bond acceptors (Lipinski definition) is 2. The van der Waals surface area contributed by atoms with Crippen LogP contribution in [0.4, 0.5) is 0 Å². The average Bonchev–Trinajstić information content (AvgIpc) is 3.25. The van der Waals surface area contributed by atoms with Crippen molar-refractivity contribution in [2.24, 2.45) is 5.92 Å². The first-order valence-corrected chi connectivity index (χ1v) is 10.8. The van der Waals surface area contributed by atoms with Crippen LogP contribution in [-0.4, -0.2) is 41.1 Å². The first-order valence-electron chi connectivity index (χ1n) is 10.8. The second-order valence-electron chi connectivity index (χ2n) is 8.60. The summed E-state index contributed by atoms with van der Waals surface area (Å²) in [4.78, 5) is 15.1. The molecule has 1 N–H and O–H groups in total. The van der Waals surface area contributed by atoms with Crippen molar-refractivity contribution in [1.82, 2.24) is 14.8 Å². The van der Waals surface area contributed by atoms with E-state index in [2.05, 4.69) is 41.6 Å². The Bertz CT molecular complexity index is 826. The molecular weight excluding hydrogens is 346 g/mol. The van der Waals surface area contributed by atoms with E-state index in [1.807, 2.05) is 30.3 Å². The van der Waals surface area contributed by atoms with Gasteiger partial charge in [0.15, 0.2) is 0 Å². The van der Waals surface area contributed by atoms with E-state index in [4.69, 9.17) is 0 Å². The van der Waals surface area contributed by atoms with Crippen LogP contribution >= 0.6 is 0 Å². The van der Waals surface area contributed by atoms with Crippen molar-refractivity contribution < 1.29 is 4.79 Å². The molecule has 2 heterocycles. The minimum Gasteiger partial charge on any atom is -0.350 e. The Balaban J connectivity index is 1.55. The Morgan fingerprint density at radius 3 is 2.75 bits per heavy atom. The van der Waals surface area contributed by atoms with Crippen LogP contribution in [0.25, 0.3) is 0 Å². The maximum atomic E-state index is 12.6. The Morgan fingerprint density at radius 2 is 2.00 bits per heavy atom. The summed E-state index contributed by atoms with van der Waals surface area (Å²) in [5, 5.41) is 3.21. The normalized spacial score (nSPS) is 24.9. The molecule has 0 saturated carbocycles. The number of amides is 1. The lowest BCUT2D eigenvalue weighted by atomic mass is 9.89.